The second kappa shape index (κ2) is 10.8. The summed E-state index contributed by atoms with van der Waals surface area (Å²) in [6.45, 7) is 1.03. The largest absolute Gasteiger partial charge is 0.452 e. The Morgan fingerprint density at radius 3 is 2.29 bits per heavy atom. The van der Waals surface area contributed by atoms with Gasteiger partial charge in [0.05, 0.1) is 15.5 Å². The maximum Gasteiger partial charge on any atom is 0.331 e. The molecule has 0 spiro atoms. The maximum atomic E-state index is 12.6. The highest BCUT2D eigenvalue weighted by Crippen LogP contribution is 2.19. The number of ether oxygens (including phenoxy) is 1. The smallest absolute Gasteiger partial charge is 0.331 e. The van der Waals surface area contributed by atoms with Crippen molar-refractivity contribution >= 4 is 43.7 Å². The maximum absolute atomic E-state index is 12.6. The molecule has 1 amide bonds. The first kappa shape index (κ1) is 25.4. The van der Waals surface area contributed by atoms with Crippen LogP contribution in [0.1, 0.15) is 24.8 Å². The van der Waals surface area contributed by atoms with E-state index in [4.69, 9.17) is 9.88 Å². The predicted octanol–water partition coefficient (Wildman–Crippen LogP) is 1.70. The number of sulfonamides is 2. The molecule has 182 valence electrons. The Morgan fingerprint density at radius 1 is 0.971 bits per heavy atom. The molecule has 3 rings (SSSR count). The van der Waals surface area contributed by atoms with E-state index in [1.54, 1.807) is 4.90 Å². The number of primary sulfonamides is 1. The Kier molecular flexibility index (Phi) is 8.07. The third-order valence-corrected chi connectivity index (χ3v) is 7.37. The van der Waals surface area contributed by atoms with Crippen LogP contribution in [0.25, 0.3) is 6.08 Å². The lowest BCUT2D eigenvalue weighted by Crippen LogP contribution is -2.38. The van der Waals surface area contributed by atoms with Gasteiger partial charge in [0.1, 0.15) is 0 Å². The number of carbonyl (C=O) groups is 2. The zero-order valence-electron chi connectivity index (χ0n) is 18.2. The molecule has 0 aliphatic carbocycles. The molecular formula is C22H25N3O7S2. The van der Waals surface area contributed by atoms with Crippen molar-refractivity contribution in [3.05, 3.63) is 60.2 Å². The average molecular weight is 508 g/mol. The van der Waals surface area contributed by atoms with Gasteiger partial charge in [0.15, 0.2) is 6.61 Å². The van der Waals surface area contributed by atoms with Gasteiger partial charge < -0.3 is 9.64 Å². The first-order chi connectivity index (χ1) is 16.0. The number of nitrogens with zero attached hydrogens (tertiary/aromatic N) is 1. The number of likely N-dealkylation sites (tertiary alicyclic amines) is 1. The Hall–Kier alpha value is -3.22. The highest BCUT2D eigenvalue weighted by molar-refractivity contribution is 7.92. The third kappa shape index (κ3) is 7.14. The molecule has 1 fully saturated rings. The van der Waals surface area contributed by atoms with Crippen LogP contribution >= 0.6 is 0 Å². The van der Waals surface area contributed by atoms with E-state index in [0.29, 0.717) is 18.7 Å². The topological polar surface area (TPSA) is 153 Å². The van der Waals surface area contributed by atoms with Crippen LogP contribution in [0.2, 0.25) is 0 Å². The van der Waals surface area contributed by atoms with Crippen LogP contribution in [0.5, 0.6) is 0 Å². The van der Waals surface area contributed by atoms with Crippen LogP contribution in [0.3, 0.4) is 0 Å². The number of amides is 1. The van der Waals surface area contributed by atoms with Crippen LogP contribution in [-0.4, -0.2) is 53.3 Å². The van der Waals surface area contributed by atoms with Crippen LogP contribution in [0.15, 0.2) is 64.4 Å². The Labute approximate surface area is 198 Å². The van der Waals surface area contributed by atoms with E-state index in [1.165, 1.54) is 48.5 Å². The second-order valence-corrected chi connectivity index (χ2v) is 10.9. The van der Waals surface area contributed by atoms with Crippen LogP contribution in [-0.2, 0) is 34.4 Å². The molecule has 12 heteroatoms. The minimum absolute atomic E-state index is 0.0392. The molecule has 0 bridgehead atoms. The van der Waals surface area contributed by atoms with Crippen LogP contribution in [0.4, 0.5) is 5.69 Å². The fourth-order valence-corrected chi connectivity index (χ4v) is 4.90. The Balaban J connectivity index is 1.58. The zero-order valence-corrected chi connectivity index (χ0v) is 19.8. The van der Waals surface area contributed by atoms with Crippen molar-refractivity contribution in [2.45, 2.75) is 29.1 Å². The minimum atomic E-state index is -4.00. The van der Waals surface area contributed by atoms with E-state index >= 15 is 0 Å². The summed E-state index contributed by atoms with van der Waals surface area (Å²) in [5.41, 5.74) is 0.576. The molecule has 0 saturated carbocycles. The molecule has 2 aromatic rings. The summed E-state index contributed by atoms with van der Waals surface area (Å²) in [6, 6.07) is 10.8. The van der Waals surface area contributed by atoms with Gasteiger partial charge in [0, 0.05) is 19.2 Å². The van der Waals surface area contributed by atoms with Gasteiger partial charge in [-0.25, -0.2) is 26.8 Å². The number of rotatable bonds is 8. The Bertz CT molecular complexity index is 1280. The van der Waals surface area contributed by atoms with Crippen LogP contribution in [0, 0.1) is 0 Å². The van der Waals surface area contributed by atoms with Crippen molar-refractivity contribution < 1.29 is 31.2 Å². The zero-order chi connectivity index (χ0) is 24.8. The number of carbonyl (C=O) groups excluding carboxylic acids is 2. The van der Waals surface area contributed by atoms with Crippen molar-refractivity contribution in [2.75, 3.05) is 24.4 Å². The number of benzene rings is 2. The van der Waals surface area contributed by atoms with Gasteiger partial charge in [-0.1, -0.05) is 18.2 Å². The number of hydrogen-bond donors (Lipinski definition) is 2. The van der Waals surface area contributed by atoms with Crippen molar-refractivity contribution in [3.63, 3.8) is 0 Å². The first-order valence-corrected chi connectivity index (χ1v) is 13.5. The van der Waals surface area contributed by atoms with Crippen LogP contribution < -0.4 is 9.86 Å². The molecule has 1 aliphatic heterocycles. The average Bonchev–Trinajstić information content (AvgIpc) is 2.81. The molecule has 1 saturated heterocycles. The monoisotopic (exact) mass is 507 g/mol. The van der Waals surface area contributed by atoms with E-state index < -0.39 is 26.0 Å². The molecule has 0 unspecified atom stereocenters. The van der Waals surface area contributed by atoms with Gasteiger partial charge in [0.2, 0.25) is 10.0 Å². The van der Waals surface area contributed by atoms with Crippen molar-refractivity contribution in [3.8, 4) is 0 Å². The standard InChI is InChI=1S/C22H25N3O7S2/c23-33(28,29)20-6-4-5-18(15-20)24-34(30,31)19-10-7-17(8-11-19)9-12-22(27)32-16-21(26)25-13-2-1-3-14-25/h4-12,15,24H,1-3,13-14,16H2,(H2,23,28,29)/b12-9+. The fraction of sp³-hybridized carbons (Fsp3) is 0.273. The molecule has 0 atom stereocenters. The number of nitrogens with one attached hydrogen (secondary N) is 1. The summed E-state index contributed by atoms with van der Waals surface area (Å²) in [5, 5.41) is 5.07. The van der Waals surface area contributed by atoms with E-state index in [2.05, 4.69) is 4.72 Å². The van der Waals surface area contributed by atoms with Crippen molar-refractivity contribution in [1.82, 2.24) is 4.90 Å². The van der Waals surface area contributed by atoms with Gasteiger partial charge >= 0.3 is 5.97 Å². The fourth-order valence-electron chi connectivity index (χ4n) is 3.29. The number of anilines is 1. The quantitative estimate of drug-likeness (QED) is 0.407. The normalized spacial score (nSPS) is 14.7. The number of hydrogen-bond acceptors (Lipinski definition) is 7. The molecule has 0 radical (unpaired) electrons. The molecule has 34 heavy (non-hydrogen) atoms. The van der Waals surface area contributed by atoms with E-state index in [1.807, 2.05) is 0 Å². The molecular weight excluding hydrogens is 482 g/mol. The second-order valence-electron chi connectivity index (χ2n) is 7.63. The number of piperidine rings is 1. The molecule has 2 aromatic carbocycles. The lowest BCUT2D eigenvalue weighted by Gasteiger charge is -2.26. The lowest BCUT2D eigenvalue weighted by atomic mass is 10.1. The molecule has 3 N–H and O–H groups in total. The van der Waals surface area contributed by atoms with Gasteiger partial charge in [-0.05, 0) is 61.2 Å². The van der Waals surface area contributed by atoms with Crippen molar-refractivity contribution in [1.29, 1.82) is 0 Å². The lowest BCUT2D eigenvalue weighted by molar-refractivity contribution is -0.148. The highest BCUT2D eigenvalue weighted by Gasteiger charge is 2.18. The highest BCUT2D eigenvalue weighted by atomic mass is 32.2. The van der Waals surface area contributed by atoms with Gasteiger partial charge in [-0.15, -0.1) is 0 Å². The summed E-state index contributed by atoms with van der Waals surface area (Å²) in [5.74, 6) is -0.906. The Morgan fingerprint density at radius 2 is 1.65 bits per heavy atom. The summed E-state index contributed by atoms with van der Waals surface area (Å²) < 4.78 is 55.4. The van der Waals surface area contributed by atoms with E-state index in [-0.39, 0.29) is 28.0 Å². The third-order valence-electron chi connectivity index (χ3n) is 5.06. The summed E-state index contributed by atoms with van der Waals surface area (Å²) in [6.07, 6.45) is 5.58. The molecule has 1 aliphatic rings. The number of esters is 1. The van der Waals surface area contributed by atoms with E-state index in [9.17, 15) is 26.4 Å². The van der Waals surface area contributed by atoms with Gasteiger partial charge in [0.25, 0.3) is 15.9 Å². The van der Waals surface area contributed by atoms with Gasteiger partial charge in [-0.3, -0.25) is 9.52 Å². The summed E-state index contributed by atoms with van der Waals surface area (Å²) in [4.78, 5) is 25.3. The summed E-state index contributed by atoms with van der Waals surface area (Å²) in [7, 11) is -7.98. The molecule has 0 aromatic heterocycles. The number of nitrogens with two attached hydrogens (primary N) is 1. The van der Waals surface area contributed by atoms with Crippen molar-refractivity contribution in [2.24, 2.45) is 5.14 Å². The first-order valence-electron chi connectivity index (χ1n) is 10.4. The molecule has 10 nitrogen and oxygen atoms in total. The predicted molar refractivity (Wildman–Crippen MR) is 125 cm³/mol. The van der Waals surface area contributed by atoms with Gasteiger partial charge in [-0.2, -0.15) is 0 Å². The SMILES string of the molecule is NS(=O)(=O)c1cccc(NS(=O)(=O)c2ccc(/C=C/C(=O)OCC(=O)N3CCCCC3)cc2)c1. The minimum Gasteiger partial charge on any atom is -0.452 e. The molecule has 1 heterocycles. The van der Waals surface area contributed by atoms with E-state index in [0.717, 1.165) is 31.4 Å². The summed E-state index contributed by atoms with van der Waals surface area (Å²) >= 11 is 0.